The minimum atomic E-state index is -0.205. The zero-order chi connectivity index (χ0) is 70.1. The number of aryl methyl sites for hydroxylation is 9. The molecular weight excluding hydrogens is 1230 g/mol. The van der Waals surface area contributed by atoms with Gasteiger partial charge in [0.15, 0.2) is 0 Å². The summed E-state index contributed by atoms with van der Waals surface area (Å²) >= 11 is 0. The Kier molecular flexibility index (Phi) is 30.0. The Labute approximate surface area is 599 Å². The summed E-state index contributed by atoms with van der Waals surface area (Å²) in [5, 5.41) is 43.2. The van der Waals surface area contributed by atoms with Crippen LogP contribution in [0.25, 0.3) is 76.0 Å². The summed E-state index contributed by atoms with van der Waals surface area (Å²) in [5.74, 6) is -0.411. The summed E-state index contributed by atoms with van der Waals surface area (Å²) in [5.41, 5.74) is 19.2. The fourth-order valence-electron chi connectivity index (χ4n) is 12.0. The van der Waals surface area contributed by atoms with Crippen molar-refractivity contribution >= 4 is 77.6 Å². The molecule has 0 amide bonds. The number of hydrogen-bond acceptors (Lipinski definition) is 6. The van der Waals surface area contributed by atoms with E-state index in [1.807, 2.05) is 143 Å². The third-order valence-electron chi connectivity index (χ3n) is 16.1. The van der Waals surface area contributed by atoms with E-state index in [-0.39, 0.29) is 33.5 Å². The van der Waals surface area contributed by atoms with Gasteiger partial charge >= 0.3 is 21.7 Å². The summed E-state index contributed by atoms with van der Waals surface area (Å²) in [6.45, 7) is 18.3. The van der Waals surface area contributed by atoms with Gasteiger partial charge in [-0.3, -0.25) is 9.98 Å². The molecule has 0 radical (unpaired) electrons. The molecule has 13 rings (SSSR count). The van der Waals surface area contributed by atoms with Crippen molar-refractivity contribution in [2.45, 2.75) is 62.3 Å². The zero-order valence-corrected chi connectivity index (χ0v) is 61.9. The zero-order valence-electron chi connectivity index (χ0n) is 60.3. The molecule has 8 nitrogen and oxygen atoms in total. The predicted octanol–water partition coefficient (Wildman–Crippen LogP) is 21.4. The molecule has 0 saturated carbocycles. The van der Waals surface area contributed by atoms with Crippen LogP contribution in [0.1, 0.15) is 61.2 Å². The molecular formula is C89H94N6O2Ti. The van der Waals surface area contributed by atoms with Crippen LogP contribution in [-0.4, -0.2) is 68.2 Å². The van der Waals surface area contributed by atoms with Crippen molar-refractivity contribution in [2.75, 3.05) is 66.2 Å². The Balaban J connectivity index is 0.000000222. The van der Waals surface area contributed by atoms with E-state index in [4.69, 9.17) is 9.98 Å². The first-order chi connectivity index (χ1) is 46.7. The van der Waals surface area contributed by atoms with Gasteiger partial charge in [0, 0.05) is 61.8 Å². The van der Waals surface area contributed by atoms with Crippen molar-refractivity contribution < 1.29 is 31.9 Å². The van der Waals surface area contributed by atoms with Gasteiger partial charge in [-0.05, 0) is 175 Å². The predicted molar refractivity (Wildman–Crippen MR) is 420 cm³/mol. The molecule has 496 valence electrons. The molecule has 13 aromatic rings. The van der Waals surface area contributed by atoms with E-state index in [1.165, 1.54) is 16.7 Å². The Morgan fingerprint density at radius 2 is 0.510 bits per heavy atom. The topological polar surface area (TPSA) is 106 Å². The third kappa shape index (κ3) is 20.6. The van der Waals surface area contributed by atoms with Gasteiger partial charge in [0.25, 0.3) is 0 Å². The first kappa shape index (κ1) is 77.1. The Morgan fingerprint density at radius 1 is 0.286 bits per heavy atom. The van der Waals surface area contributed by atoms with Crippen LogP contribution >= 0.6 is 0 Å². The van der Waals surface area contributed by atoms with Gasteiger partial charge in [0.05, 0.1) is 11.4 Å². The van der Waals surface area contributed by atoms with Gasteiger partial charge in [-0.15, -0.1) is 0 Å². The van der Waals surface area contributed by atoms with Gasteiger partial charge in [-0.1, -0.05) is 264 Å². The monoisotopic (exact) mass is 1330 g/mol. The Morgan fingerprint density at radius 3 is 0.745 bits per heavy atom. The molecule has 0 unspecified atom stereocenters. The van der Waals surface area contributed by atoms with Gasteiger partial charge in [-0.25, -0.2) is 0 Å². The first-order valence-corrected chi connectivity index (χ1v) is 32.8. The van der Waals surface area contributed by atoms with E-state index < -0.39 is 0 Å². The molecule has 0 spiro atoms. The second-order valence-electron chi connectivity index (χ2n) is 24.8. The summed E-state index contributed by atoms with van der Waals surface area (Å²) in [7, 11) is 15.2. The molecule has 0 saturated heterocycles. The number of benzene rings is 13. The van der Waals surface area contributed by atoms with E-state index >= 15 is 0 Å². The van der Waals surface area contributed by atoms with Crippen LogP contribution in [-0.2, 0) is 21.7 Å². The molecule has 0 aliphatic rings. The van der Waals surface area contributed by atoms with Crippen LogP contribution < -0.4 is 20.0 Å². The summed E-state index contributed by atoms with van der Waals surface area (Å²) in [6, 6.07) is 89.1. The van der Waals surface area contributed by atoms with E-state index in [2.05, 4.69) is 229 Å². The van der Waals surface area contributed by atoms with E-state index in [0.717, 1.165) is 110 Å². The smallest absolute Gasteiger partial charge is 0.858 e. The standard InChI is InChI=1S/2C32H30N2O.3C7H8.2C2H6N.Ti/c2*1-20-18-21(2)29(22(3)19-20)32(35)33-27-16-14-23-10-6-8-12-25(23)30(27)31-26-13-9-7-11-24(26)15-17-28(31)34(4)5;3*1-7-5-3-2-4-6-7;2*1-3-2;/h2*6-19H,1-5H3,(H,33,35);3*2-6H,1H3;2*1-2H3;/q;;;;;2*-1;+4/p-2. The average Bonchev–Trinajstić information content (AvgIpc) is 0.756. The normalized spacial score (nSPS) is 10.7. The van der Waals surface area contributed by atoms with Crippen molar-refractivity contribution in [1.82, 2.24) is 0 Å². The average molecular weight is 1330 g/mol. The minimum absolute atomic E-state index is 0. The minimum Gasteiger partial charge on any atom is -0.858 e. The van der Waals surface area contributed by atoms with Crippen molar-refractivity contribution in [3.05, 3.63) is 333 Å². The molecule has 0 aromatic heterocycles. The number of anilines is 2. The molecule has 13 aromatic carbocycles. The van der Waals surface area contributed by atoms with Crippen molar-refractivity contribution in [1.29, 1.82) is 0 Å². The first-order valence-electron chi connectivity index (χ1n) is 32.8. The number of aliphatic imine (C=N–C) groups is 2. The third-order valence-corrected chi connectivity index (χ3v) is 16.1. The van der Waals surface area contributed by atoms with Gasteiger partial charge in [0.2, 0.25) is 0 Å². The molecule has 0 heterocycles. The maximum atomic E-state index is 13.6. The molecule has 0 bridgehead atoms. The van der Waals surface area contributed by atoms with Gasteiger partial charge in [-0.2, -0.15) is 28.2 Å². The maximum Gasteiger partial charge on any atom is 4.00 e. The van der Waals surface area contributed by atoms with Gasteiger partial charge < -0.3 is 30.6 Å². The fraction of sp³-hybridized carbons (Fsp3) is 0.191. The van der Waals surface area contributed by atoms with Crippen LogP contribution in [0.15, 0.2) is 271 Å². The molecule has 98 heavy (non-hydrogen) atoms. The van der Waals surface area contributed by atoms with E-state index in [0.29, 0.717) is 22.5 Å². The second-order valence-corrected chi connectivity index (χ2v) is 24.8. The molecule has 0 atom stereocenters. The van der Waals surface area contributed by atoms with Crippen LogP contribution in [0.5, 0.6) is 0 Å². The Bertz CT molecular complexity index is 4370. The number of rotatable bonds is 8. The van der Waals surface area contributed by atoms with E-state index in [9.17, 15) is 10.2 Å². The summed E-state index contributed by atoms with van der Waals surface area (Å²) in [4.78, 5) is 13.8. The van der Waals surface area contributed by atoms with Crippen molar-refractivity contribution in [3.8, 4) is 22.3 Å². The van der Waals surface area contributed by atoms with Crippen molar-refractivity contribution in [3.63, 3.8) is 0 Å². The second kappa shape index (κ2) is 38.1. The van der Waals surface area contributed by atoms with Gasteiger partial charge in [0.1, 0.15) is 0 Å². The summed E-state index contributed by atoms with van der Waals surface area (Å²) in [6.07, 6.45) is 0. The maximum absolute atomic E-state index is 13.6. The van der Waals surface area contributed by atoms with Crippen LogP contribution in [0.2, 0.25) is 0 Å². The number of nitrogens with zero attached hydrogens (tertiary/aromatic N) is 6. The number of hydrogen-bond donors (Lipinski definition) is 0. The Hall–Kier alpha value is -9.93. The SMILES string of the molecule is C[N-]C.C[N-]C.Cc1cc(C)c(C([O-])=Nc2ccc3ccccc3c2-c2c(N(C)C)ccc3ccccc23)c(C)c1.Cc1cc(C)c(C([O-])=Nc2ccc3ccccc3c2-c2c(N(C)C)ccc3ccccc23)c(C)c1.Cc1ccccc1.Cc1ccccc1.Cc1ccccc1.[Ti+4]. The molecule has 0 fully saturated rings. The van der Waals surface area contributed by atoms with Crippen LogP contribution in [0, 0.1) is 62.3 Å². The molecule has 9 heteroatoms. The summed E-state index contributed by atoms with van der Waals surface area (Å²) < 4.78 is 0. The fourth-order valence-corrected chi connectivity index (χ4v) is 12.0. The van der Waals surface area contributed by atoms with Crippen LogP contribution in [0.4, 0.5) is 22.7 Å². The molecule has 0 aliphatic carbocycles. The quantitative estimate of drug-likeness (QED) is 0.0858. The molecule has 0 aliphatic heterocycles. The van der Waals surface area contributed by atoms with Crippen molar-refractivity contribution in [2.24, 2.45) is 9.98 Å². The number of fused-ring (bicyclic) bond motifs is 4. The molecule has 0 N–H and O–H groups in total. The van der Waals surface area contributed by atoms with E-state index in [1.54, 1.807) is 28.2 Å². The largest absolute Gasteiger partial charge is 4.00 e. The van der Waals surface area contributed by atoms with Crippen LogP contribution in [0.3, 0.4) is 0 Å².